The minimum atomic E-state index is 0.268. The van der Waals surface area contributed by atoms with E-state index in [0.29, 0.717) is 5.75 Å². The highest BCUT2D eigenvalue weighted by molar-refractivity contribution is 5.55. The first-order chi connectivity index (χ1) is 9.24. The molecule has 1 aliphatic rings. The molecule has 106 valence electrons. The van der Waals surface area contributed by atoms with Crippen LogP contribution >= 0.6 is 0 Å². The average Bonchev–Trinajstić information content (AvgIpc) is 2.90. The van der Waals surface area contributed by atoms with E-state index in [1.165, 1.54) is 0 Å². The van der Waals surface area contributed by atoms with Crippen LogP contribution < -0.4 is 19.5 Å². The molecule has 0 unspecified atom stereocenters. The Morgan fingerprint density at radius 3 is 2.95 bits per heavy atom. The highest BCUT2D eigenvalue weighted by Gasteiger charge is 2.19. The van der Waals surface area contributed by atoms with E-state index in [0.717, 1.165) is 43.2 Å². The highest BCUT2D eigenvalue weighted by atomic mass is 16.7. The quantitative estimate of drug-likeness (QED) is 0.757. The summed E-state index contributed by atoms with van der Waals surface area (Å²) in [5.41, 5.74) is 1.14. The SMILES string of the molecule is CCN(C)CCNCc1cc(OC)c2c(c1)OCO2. The Hall–Kier alpha value is -1.46. The van der Waals surface area contributed by atoms with E-state index >= 15 is 0 Å². The molecule has 0 bridgehead atoms. The number of benzene rings is 1. The number of hydrogen-bond acceptors (Lipinski definition) is 5. The fourth-order valence-corrected chi connectivity index (χ4v) is 1.95. The monoisotopic (exact) mass is 266 g/mol. The lowest BCUT2D eigenvalue weighted by molar-refractivity contribution is 0.171. The van der Waals surface area contributed by atoms with E-state index in [4.69, 9.17) is 14.2 Å². The molecule has 0 fully saturated rings. The molecule has 2 rings (SSSR count). The van der Waals surface area contributed by atoms with Crippen molar-refractivity contribution < 1.29 is 14.2 Å². The van der Waals surface area contributed by atoms with Crippen LogP contribution in [-0.4, -0.2) is 45.5 Å². The third-order valence-corrected chi connectivity index (χ3v) is 3.26. The Morgan fingerprint density at radius 2 is 2.21 bits per heavy atom. The molecule has 1 aliphatic heterocycles. The number of fused-ring (bicyclic) bond motifs is 1. The molecule has 1 heterocycles. The Morgan fingerprint density at radius 1 is 1.37 bits per heavy atom. The summed E-state index contributed by atoms with van der Waals surface area (Å²) in [5, 5.41) is 3.42. The second-order valence-corrected chi connectivity index (χ2v) is 4.60. The molecule has 0 aliphatic carbocycles. The molecule has 0 saturated heterocycles. The first-order valence-corrected chi connectivity index (χ1v) is 6.60. The topological polar surface area (TPSA) is 43.0 Å². The van der Waals surface area contributed by atoms with Crippen LogP contribution in [0.4, 0.5) is 0 Å². The molecule has 0 aromatic heterocycles. The van der Waals surface area contributed by atoms with Gasteiger partial charge in [-0.3, -0.25) is 0 Å². The minimum Gasteiger partial charge on any atom is -0.493 e. The van der Waals surface area contributed by atoms with Crippen molar-refractivity contribution in [3.63, 3.8) is 0 Å². The second-order valence-electron chi connectivity index (χ2n) is 4.60. The zero-order valence-electron chi connectivity index (χ0n) is 11.9. The van der Waals surface area contributed by atoms with Gasteiger partial charge in [0.25, 0.3) is 0 Å². The fraction of sp³-hybridized carbons (Fsp3) is 0.571. The van der Waals surface area contributed by atoms with E-state index in [-0.39, 0.29) is 6.79 Å². The van der Waals surface area contributed by atoms with Gasteiger partial charge in [-0.25, -0.2) is 0 Å². The van der Waals surface area contributed by atoms with Crippen molar-refractivity contribution in [2.45, 2.75) is 13.5 Å². The summed E-state index contributed by atoms with van der Waals surface area (Å²) in [6.07, 6.45) is 0. The number of nitrogens with zero attached hydrogens (tertiary/aromatic N) is 1. The standard InChI is InChI=1S/C14H22N2O3/c1-4-16(2)6-5-15-9-11-7-12(17-3)14-13(8-11)18-10-19-14/h7-8,15H,4-6,9-10H2,1-3H3. The van der Waals surface area contributed by atoms with Crippen LogP contribution in [0.5, 0.6) is 17.2 Å². The number of hydrogen-bond donors (Lipinski definition) is 1. The molecule has 1 aromatic rings. The molecule has 19 heavy (non-hydrogen) atoms. The van der Waals surface area contributed by atoms with E-state index < -0.39 is 0 Å². The molecular weight excluding hydrogens is 244 g/mol. The van der Waals surface area contributed by atoms with Gasteiger partial charge in [0.2, 0.25) is 12.5 Å². The molecule has 1 aromatic carbocycles. The van der Waals surface area contributed by atoms with Crippen molar-refractivity contribution in [3.8, 4) is 17.2 Å². The van der Waals surface area contributed by atoms with Crippen molar-refractivity contribution >= 4 is 0 Å². The molecule has 5 nitrogen and oxygen atoms in total. The Balaban J connectivity index is 1.90. The van der Waals surface area contributed by atoms with Crippen LogP contribution in [-0.2, 0) is 6.54 Å². The summed E-state index contributed by atoms with van der Waals surface area (Å²) in [6.45, 7) is 6.29. The Labute approximate surface area is 114 Å². The summed E-state index contributed by atoms with van der Waals surface area (Å²) in [6, 6.07) is 3.99. The van der Waals surface area contributed by atoms with Gasteiger partial charge in [0.1, 0.15) is 0 Å². The second kappa shape index (κ2) is 6.63. The Bertz CT molecular complexity index is 423. The van der Waals surface area contributed by atoms with Gasteiger partial charge in [0, 0.05) is 19.6 Å². The minimum absolute atomic E-state index is 0.268. The van der Waals surface area contributed by atoms with Crippen LogP contribution in [0.2, 0.25) is 0 Å². The maximum atomic E-state index is 5.41. The smallest absolute Gasteiger partial charge is 0.231 e. The number of ether oxygens (including phenoxy) is 3. The van der Waals surface area contributed by atoms with Gasteiger partial charge < -0.3 is 24.4 Å². The van der Waals surface area contributed by atoms with Crippen LogP contribution in [0.3, 0.4) is 0 Å². The zero-order valence-corrected chi connectivity index (χ0v) is 11.9. The summed E-state index contributed by atoms with van der Waals surface area (Å²) in [5.74, 6) is 2.20. The fourth-order valence-electron chi connectivity index (χ4n) is 1.95. The Kier molecular flexibility index (Phi) is 4.87. The average molecular weight is 266 g/mol. The lowest BCUT2D eigenvalue weighted by Crippen LogP contribution is -2.28. The number of rotatable bonds is 7. The largest absolute Gasteiger partial charge is 0.493 e. The lowest BCUT2D eigenvalue weighted by atomic mass is 10.2. The van der Waals surface area contributed by atoms with Gasteiger partial charge in [0.05, 0.1) is 7.11 Å². The van der Waals surface area contributed by atoms with Crippen LogP contribution in [0.1, 0.15) is 12.5 Å². The highest BCUT2D eigenvalue weighted by Crippen LogP contribution is 2.41. The van der Waals surface area contributed by atoms with Crippen LogP contribution in [0, 0.1) is 0 Å². The summed E-state index contributed by atoms with van der Waals surface area (Å²) in [4.78, 5) is 2.27. The van der Waals surface area contributed by atoms with Crippen molar-refractivity contribution in [1.29, 1.82) is 0 Å². The van der Waals surface area contributed by atoms with E-state index in [1.54, 1.807) is 7.11 Å². The number of likely N-dealkylation sites (N-methyl/N-ethyl adjacent to an activating group) is 1. The van der Waals surface area contributed by atoms with Gasteiger partial charge >= 0.3 is 0 Å². The van der Waals surface area contributed by atoms with Crippen LogP contribution in [0.25, 0.3) is 0 Å². The van der Waals surface area contributed by atoms with Gasteiger partial charge in [-0.15, -0.1) is 0 Å². The van der Waals surface area contributed by atoms with Crippen molar-refractivity contribution in [2.24, 2.45) is 0 Å². The van der Waals surface area contributed by atoms with Crippen molar-refractivity contribution in [3.05, 3.63) is 17.7 Å². The summed E-state index contributed by atoms with van der Waals surface area (Å²) >= 11 is 0. The number of methoxy groups -OCH3 is 1. The van der Waals surface area contributed by atoms with E-state index in [1.807, 2.05) is 12.1 Å². The van der Waals surface area contributed by atoms with Gasteiger partial charge in [0.15, 0.2) is 11.5 Å². The molecule has 0 amide bonds. The maximum absolute atomic E-state index is 5.41. The van der Waals surface area contributed by atoms with Gasteiger partial charge in [-0.05, 0) is 31.3 Å². The van der Waals surface area contributed by atoms with Gasteiger partial charge in [-0.2, -0.15) is 0 Å². The van der Waals surface area contributed by atoms with Crippen LogP contribution in [0.15, 0.2) is 12.1 Å². The summed E-state index contributed by atoms with van der Waals surface area (Å²) in [7, 11) is 3.76. The first kappa shape index (κ1) is 14.0. The molecule has 0 radical (unpaired) electrons. The molecule has 0 saturated carbocycles. The first-order valence-electron chi connectivity index (χ1n) is 6.60. The summed E-state index contributed by atoms with van der Waals surface area (Å²) < 4.78 is 16.1. The number of nitrogens with one attached hydrogen (secondary N) is 1. The molecule has 0 atom stereocenters. The van der Waals surface area contributed by atoms with Crippen molar-refractivity contribution in [2.75, 3.05) is 40.6 Å². The van der Waals surface area contributed by atoms with Gasteiger partial charge in [-0.1, -0.05) is 6.92 Å². The zero-order chi connectivity index (χ0) is 13.7. The molecule has 0 spiro atoms. The predicted octanol–water partition coefficient (Wildman–Crippen LogP) is 1.47. The normalized spacial score (nSPS) is 13.1. The third kappa shape index (κ3) is 3.52. The third-order valence-electron chi connectivity index (χ3n) is 3.26. The van der Waals surface area contributed by atoms with E-state index in [2.05, 4.69) is 24.2 Å². The molecule has 5 heteroatoms. The molecule has 1 N–H and O–H groups in total. The predicted molar refractivity (Wildman–Crippen MR) is 74.0 cm³/mol. The van der Waals surface area contributed by atoms with Crippen molar-refractivity contribution in [1.82, 2.24) is 10.2 Å². The molecular formula is C14H22N2O3. The lowest BCUT2D eigenvalue weighted by Gasteiger charge is -2.14. The maximum Gasteiger partial charge on any atom is 0.231 e. The van der Waals surface area contributed by atoms with E-state index in [9.17, 15) is 0 Å².